The van der Waals surface area contributed by atoms with E-state index < -0.39 is 0 Å². The van der Waals surface area contributed by atoms with Gasteiger partial charge in [-0.05, 0) is 6.07 Å². The van der Waals surface area contributed by atoms with E-state index in [0.29, 0.717) is 11.4 Å². The monoisotopic (exact) mass is 133 g/mol. The predicted molar refractivity (Wildman–Crippen MR) is 34.9 cm³/mol. The SMILES string of the molecule is [CH2]Oc1ccnc(C#N)c1. The summed E-state index contributed by atoms with van der Waals surface area (Å²) in [5, 5.41) is 8.37. The van der Waals surface area contributed by atoms with Crippen molar-refractivity contribution in [2.45, 2.75) is 0 Å². The molecule has 0 bridgehead atoms. The Balaban J connectivity index is 3.01. The van der Waals surface area contributed by atoms with Crippen LogP contribution >= 0.6 is 0 Å². The highest BCUT2D eigenvalue weighted by Gasteiger charge is 1.92. The molecule has 1 rings (SSSR count). The fourth-order valence-electron chi connectivity index (χ4n) is 0.562. The average Bonchev–Trinajstić information content (AvgIpc) is 2.05. The van der Waals surface area contributed by atoms with Gasteiger partial charge in [0, 0.05) is 12.3 Å². The molecule has 0 amide bonds. The van der Waals surface area contributed by atoms with Gasteiger partial charge < -0.3 is 4.74 Å². The summed E-state index contributed by atoms with van der Waals surface area (Å²) < 4.78 is 4.62. The first-order valence-electron chi connectivity index (χ1n) is 2.65. The van der Waals surface area contributed by atoms with E-state index in [4.69, 9.17) is 5.26 Å². The number of aromatic nitrogens is 1. The van der Waals surface area contributed by atoms with Gasteiger partial charge >= 0.3 is 0 Å². The van der Waals surface area contributed by atoms with Crippen molar-refractivity contribution in [1.82, 2.24) is 4.98 Å². The number of ether oxygens (including phenoxy) is 1. The molecule has 49 valence electrons. The van der Waals surface area contributed by atoms with Crippen LogP contribution < -0.4 is 4.74 Å². The average molecular weight is 133 g/mol. The van der Waals surface area contributed by atoms with Crippen molar-refractivity contribution in [2.24, 2.45) is 0 Å². The lowest BCUT2D eigenvalue weighted by atomic mass is 10.3. The number of rotatable bonds is 1. The molecule has 0 spiro atoms. The van der Waals surface area contributed by atoms with E-state index in [1.165, 1.54) is 12.3 Å². The quantitative estimate of drug-likeness (QED) is 0.576. The van der Waals surface area contributed by atoms with Crippen LogP contribution in [0.15, 0.2) is 18.3 Å². The second-order valence-corrected chi connectivity index (χ2v) is 1.63. The van der Waals surface area contributed by atoms with E-state index in [-0.39, 0.29) is 0 Å². The van der Waals surface area contributed by atoms with Crippen molar-refractivity contribution in [3.63, 3.8) is 0 Å². The van der Waals surface area contributed by atoms with Crippen LogP contribution in [0.1, 0.15) is 5.69 Å². The molecule has 0 saturated heterocycles. The number of nitriles is 1. The maximum Gasteiger partial charge on any atom is 0.144 e. The Morgan fingerprint density at radius 2 is 2.50 bits per heavy atom. The second-order valence-electron chi connectivity index (χ2n) is 1.63. The second kappa shape index (κ2) is 2.83. The molecule has 0 aliphatic rings. The van der Waals surface area contributed by atoms with E-state index in [1.807, 2.05) is 6.07 Å². The topological polar surface area (TPSA) is 45.9 Å². The first-order valence-corrected chi connectivity index (χ1v) is 2.65. The zero-order valence-corrected chi connectivity index (χ0v) is 5.24. The lowest BCUT2D eigenvalue weighted by Crippen LogP contribution is -1.83. The van der Waals surface area contributed by atoms with E-state index in [1.54, 1.807) is 6.07 Å². The van der Waals surface area contributed by atoms with Crippen molar-refractivity contribution >= 4 is 0 Å². The van der Waals surface area contributed by atoms with E-state index in [2.05, 4.69) is 16.8 Å². The van der Waals surface area contributed by atoms with Crippen LogP contribution in [0.5, 0.6) is 5.75 Å². The number of hydrogen-bond donors (Lipinski definition) is 0. The van der Waals surface area contributed by atoms with Gasteiger partial charge in [0.05, 0.1) is 0 Å². The van der Waals surface area contributed by atoms with Gasteiger partial charge in [-0.1, -0.05) is 0 Å². The minimum absolute atomic E-state index is 0.334. The molecule has 1 aromatic rings. The molecule has 0 unspecified atom stereocenters. The zero-order valence-electron chi connectivity index (χ0n) is 5.24. The molecule has 1 heterocycles. The third-order valence-electron chi connectivity index (χ3n) is 1.01. The van der Waals surface area contributed by atoms with Crippen LogP contribution in [0.3, 0.4) is 0 Å². The van der Waals surface area contributed by atoms with Crippen molar-refractivity contribution in [1.29, 1.82) is 5.26 Å². The van der Waals surface area contributed by atoms with Gasteiger partial charge in [0.25, 0.3) is 0 Å². The summed E-state index contributed by atoms with van der Waals surface area (Å²) in [6.45, 7) is 0. The van der Waals surface area contributed by atoms with Crippen molar-refractivity contribution < 1.29 is 4.74 Å². The molecule has 0 aromatic carbocycles. The molecule has 0 atom stereocenters. The summed E-state index contributed by atoms with van der Waals surface area (Å²) in [6, 6.07) is 5.04. The minimum Gasteiger partial charge on any atom is -0.490 e. The third-order valence-corrected chi connectivity index (χ3v) is 1.01. The zero-order chi connectivity index (χ0) is 7.40. The largest absolute Gasteiger partial charge is 0.490 e. The molecule has 0 fully saturated rings. The summed E-state index contributed by atoms with van der Waals surface area (Å²) >= 11 is 0. The molecule has 1 radical (unpaired) electrons. The highest BCUT2D eigenvalue weighted by Crippen LogP contribution is 2.08. The van der Waals surface area contributed by atoms with Crippen LogP contribution in [0.2, 0.25) is 0 Å². The summed E-state index contributed by atoms with van der Waals surface area (Å²) in [5.41, 5.74) is 0.334. The number of pyridine rings is 1. The maximum absolute atomic E-state index is 8.37. The lowest BCUT2D eigenvalue weighted by molar-refractivity contribution is 0.472. The van der Waals surface area contributed by atoms with Crippen molar-refractivity contribution in [2.75, 3.05) is 0 Å². The molecule has 0 aliphatic carbocycles. The number of nitrogens with zero attached hydrogens (tertiary/aromatic N) is 2. The first-order chi connectivity index (χ1) is 4.86. The van der Waals surface area contributed by atoms with Crippen LogP contribution in [-0.2, 0) is 0 Å². The van der Waals surface area contributed by atoms with Crippen LogP contribution in [0, 0.1) is 18.4 Å². The van der Waals surface area contributed by atoms with Gasteiger partial charge in [0.15, 0.2) is 0 Å². The normalized spacial score (nSPS) is 8.40. The minimum atomic E-state index is 0.334. The van der Waals surface area contributed by atoms with Gasteiger partial charge in [-0.25, -0.2) is 4.98 Å². The molecule has 0 aliphatic heterocycles. The molecule has 3 heteroatoms. The summed E-state index contributed by atoms with van der Waals surface area (Å²) in [6.07, 6.45) is 1.50. The summed E-state index contributed by atoms with van der Waals surface area (Å²) in [7, 11) is 3.19. The Morgan fingerprint density at radius 1 is 1.70 bits per heavy atom. The van der Waals surface area contributed by atoms with E-state index in [9.17, 15) is 0 Å². The fourth-order valence-corrected chi connectivity index (χ4v) is 0.562. The Bertz CT molecular complexity index is 265. The van der Waals surface area contributed by atoms with Crippen molar-refractivity contribution in [3.8, 4) is 11.8 Å². The molecule has 1 aromatic heterocycles. The van der Waals surface area contributed by atoms with Crippen LogP contribution in [0.4, 0.5) is 0 Å². The fraction of sp³-hybridized carbons (Fsp3) is 0. The van der Waals surface area contributed by atoms with Crippen LogP contribution in [-0.4, -0.2) is 4.98 Å². The van der Waals surface area contributed by atoms with Crippen molar-refractivity contribution in [3.05, 3.63) is 31.1 Å². The highest BCUT2D eigenvalue weighted by atomic mass is 16.5. The summed E-state index contributed by atoms with van der Waals surface area (Å²) in [5.74, 6) is 0.548. The van der Waals surface area contributed by atoms with Gasteiger partial charge in [-0.2, -0.15) is 5.26 Å². The van der Waals surface area contributed by atoms with Gasteiger partial charge in [0.1, 0.15) is 24.6 Å². The Hall–Kier alpha value is -1.56. The van der Waals surface area contributed by atoms with Gasteiger partial charge in [0.2, 0.25) is 0 Å². The molecule has 3 nitrogen and oxygen atoms in total. The Kier molecular flexibility index (Phi) is 1.86. The molecule has 10 heavy (non-hydrogen) atoms. The van der Waals surface area contributed by atoms with E-state index in [0.717, 1.165) is 0 Å². The summed E-state index contributed by atoms with van der Waals surface area (Å²) in [4.78, 5) is 3.74. The van der Waals surface area contributed by atoms with Gasteiger partial charge in [-0.15, -0.1) is 0 Å². The number of hydrogen-bond acceptors (Lipinski definition) is 3. The third kappa shape index (κ3) is 1.23. The standard InChI is InChI=1S/C7H5N2O/c1-10-7-2-3-9-6(4-7)5-8/h2-4H,1H2. The Morgan fingerprint density at radius 3 is 3.10 bits per heavy atom. The smallest absolute Gasteiger partial charge is 0.144 e. The molecule has 0 N–H and O–H groups in total. The lowest BCUT2D eigenvalue weighted by Gasteiger charge is -1.95. The first kappa shape index (κ1) is 6.56. The molecular weight excluding hydrogens is 128 g/mol. The van der Waals surface area contributed by atoms with Crippen LogP contribution in [0.25, 0.3) is 0 Å². The van der Waals surface area contributed by atoms with E-state index >= 15 is 0 Å². The molecular formula is C7H5N2O. The highest BCUT2D eigenvalue weighted by molar-refractivity contribution is 5.29. The Labute approximate surface area is 58.9 Å². The maximum atomic E-state index is 8.37. The van der Waals surface area contributed by atoms with Gasteiger partial charge in [-0.3, -0.25) is 0 Å². The molecule has 0 saturated carbocycles. The predicted octanol–water partition coefficient (Wildman–Crippen LogP) is 1.12.